The van der Waals surface area contributed by atoms with Crippen molar-refractivity contribution in [1.82, 2.24) is 4.57 Å². The van der Waals surface area contributed by atoms with E-state index in [2.05, 4.69) is 22.9 Å². The second kappa shape index (κ2) is 5.84. The van der Waals surface area contributed by atoms with Crippen LogP contribution in [-0.4, -0.2) is 21.4 Å². The summed E-state index contributed by atoms with van der Waals surface area (Å²) < 4.78 is 2.19. The zero-order valence-electron chi connectivity index (χ0n) is 9.97. The van der Waals surface area contributed by atoms with Crippen LogP contribution in [0.4, 0.5) is 0 Å². The lowest BCUT2D eigenvalue weighted by Crippen LogP contribution is -1.99. The van der Waals surface area contributed by atoms with Gasteiger partial charge in [-0.15, -0.1) is 0 Å². The van der Waals surface area contributed by atoms with Gasteiger partial charge >= 0.3 is 0 Å². The summed E-state index contributed by atoms with van der Waals surface area (Å²) in [5, 5.41) is 19.3. The number of unbranched alkanes of at least 4 members (excludes halogenated alkanes) is 2. The van der Waals surface area contributed by atoms with Crippen molar-refractivity contribution < 1.29 is 10.2 Å². The maximum atomic E-state index is 9.34. The lowest BCUT2D eigenvalue weighted by Gasteiger charge is -2.08. The first-order chi connectivity index (χ1) is 8.36. The summed E-state index contributed by atoms with van der Waals surface area (Å²) in [4.78, 5) is 0. The van der Waals surface area contributed by atoms with Crippen LogP contribution in [0.3, 0.4) is 0 Å². The molecule has 0 fully saturated rings. The molecule has 0 bridgehead atoms. The van der Waals surface area contributed by atoms with Crippen LogP contribution in [0.15, 0.2) is 30.5 Å². The van der Waals surface area contributed by atoms with E-state index in [9.17, 15) is 5.11 Å². The highest BCUT2D eigenvalue weighted by Crippen LogP contribution is 2.21. The fourth-order valence-electron chi connectivity index (χ4n) is 2.23. The summed E-state index contributed by atoms with van der Waals surface area (Å²) >= 11 is 0. The van der Waals surface area contributed by atoms with E-state index in [-0.39, 0.29) is 13.2 Å². The predicted molar refractivity (Wildman–Crippen MR) is 68.8 cm³/mol. The highest BCUT2D eigenvalue weighted by Gasteiger charge is 2.05. The lowest BCUT2D eigenvalue weighted by molar-refractivity contribution is 0.281. The number of rotatable bonds is 6. The van der Waals surface area contributed by atoms with E-state index >= 15 is 0 Å². The number of fused-ring (bicyclic) bond motifs is 1. The normalized spacial score (nSPS) is 11.2. The Morgan fingerprint density at radius 1 is 1.00 bits per heavy atom. The topological polar surface area (TPSA) is 45.4 Å². The summed E-state index contributed by atoms with van der Waals surface area (Å²) in [5.41, 5.74) is 2.12. The van der Waals surface area contributed by atoms with Gasteiger partial charge in [-0.1, -0.05) is 18.2 Å². The highest BCUT2D eigenvalue weighted by atomic mass is 16.3. The lowest BCUT2D eigenvalue weighted by atomic mass is 10.1. The van der Waals surface area contributed by atoms with Gasteiger partial charge in [0.05, 0.1) is 12.1 Å². The van der Waals surface area contributed by atoms with Crippen molar-refractivity contribution in [2.24, 2.45) is 0 Å². The zero-order valence-corrected chi connectivity index (χ0v) is 9.97. The molecule has 0 amide bonds. The van der Waals surface area contributed by atoms with Crippen LogP contribution in [-0.2, 0) is 13.2 Å². The molecule has 2 N–H and O–H groups in total. The van der Waals surface area contributed by atoms with Gasteiger partial charge in [0.1, 0.15) is 0 Å². The highest BCUT2D eigenvalue weighted by molar-refractivity contribution is 5.83. The second-order valence-electron chi connectivity index (χ2n) is 4.31. The van der Waals surface area contributed by atoms with Crippen LogP contribution in [0.2, 0.25) is 0 Å². The first-order valence-corrected chi connectivity index (χ1v) is 6.15. The molecule has 92 valence electrons. The quantitative estimate of drug-likeness (QED) is 0.752. The fourth-order valence-corrected chi connectivity index (χ4v) is 2.23. The standard InChI is InChI=1S/C14H19NO2/c16-10-3-1-2-8-15-9-7-12-5-4-6-13(11-17)14(12)15/h4-7,9,16-17H,1-3,8,10-11H2. The van der Waals surface area contributed by atoms with Crippen LogP contribution in [0.5, 0.6) is 0 Å². The summed E-state index contributed by atoms with van der Waals surface area (Å²) in [6.45, 7) is 1.30. The van der Waals surface area contributed by atoms with Gasteiger partial charge in [0.25, 0.3) is 0 Å². The molecule has 3 heteroatoms. The Labute approximate surface area is 101 Å². The number of hydrogen-bond acceptors (Lipinski definition) is 2. The second-order valence-corrected chi connectivity index (χ2v) is 4.31. The minimum Gasteiger partial charge on any atom is -0.396 e. The van der Waals surface area contributed by atoms with Crippen molar-refractivity contribution in [2.75, 3.05) is 6.61 Å². The van der Waals surface area contributed by atoms with E-state index in [1.807, 2.05) is 12.1 Å². The molecule has 1 heterocycles. The number of aromatic nitrogens is 1. The number of aliphatic hydroxyl groups excluding tert-OH is 2. The number of nitrogens with zero attached hydrogens (tertiary/aromatic N) is 1. The fraction of sp³-hybridized carbons (Fsp3) is 0.429. The van der Waals surface area contributed by atoms with Gasteiger partial charge in [-0.25, -0.2) is 0 Å². The smallest absolute Gasteiger partial charge is 0.0702 e. The molecule has 0 spiro atoms. The van der Waals surface area contributed by atoms with E-state index in [4.69, 9.17) is 5.11 Å². The third-order valence-electron chi connectivity index (χ3n) is 3.10. The van der Waals surface area contributed by atoms with Crippen molar-refractivity contribution >= 4 is 10.9 Å². The molecule has 3 nitrogen and oxygen atoms in total. The van der Waals surface area contributed by atoms with Crippen molar-refractivity contribution in [3.8, 4) is 0 Å². The molecule has 0 saturated carbocycles. The van der Waals surface area contributed by atoms with E-state index in [0.717, 1.165) is 36.9 Å². The molecule has 0 unspecified atom stereocenters. The first kappa shape index (κ1) is 12.1. The van der Waals surface area contributed by atoms with Crippen molar-refractivity contribution in [3.05, 3.63) is 36.0 Å². The van der Waals surface area contributed by atoms with Gasteiger partial charge in [0.15, 0.2) is 0 Å². The van der Waals surface area contributed by atoms with Gasteiger partial charge in [-0.05, 0) is 30.7 Å². The predicted octanol–water partition coefficient (Wildman–Crippen LogP) is 2.30. The first-order valence-electron chi connectivity index (χ1n) is 6.15. The summed E-state index contributed by atoms with van der Waals surface area (Å²) in [7, 11) is 0. The van der Waals surface area contributed by atoms with E-state index in [1.54, 1.807) is 0 Å². The molecule has 1 aromatic heterocycles. The number of hydrogen-bond donors (Lipinski definition) is 2. The summed E-state index contributed by atoms with van der Waals surface area (Å²) in [6, 6.07) is 8.09. The molecule has 0 radical (unpaired) electrons. The average molecular weight is 233 g/mol. The maximum Gasteiger partial charge on any atom is 0.0702 e. The van der Waals surface area contributed by atoms with Gasteiger partial charge in [-0.3, -0.25) is 0 Å². The molecule has 0 aliphatic rings. The molecule has 17 heavy (non-hydrogen) atoms. The Morgan fingerprint density at radius 2 is 1.88 bits per heavy atom. The molecular formula is C14H19NO2. The number of aryl methyl sites for hydroxylation is 1. The van der Waals surface area contributed by atoms with E-state index < -0.39 is 0 Å². The Morgan fingerprint density at radius 3 is 2.65 bits per heavy atom. The van der Waals surface area contributed by atoms with Crippen LogP contribution in [0.25, 0.3) is 10.9 Å². The van der Waals surface area contributed by atoms with Crippen molar-refractivity contribution in [1.29, 1.82) is 0 Å². The number of aliphatic hydroxyl groups is 2. The largest absolute Gasteiger partial charge is 0.396 e. The average Bonchev–Trinajstić information content (AvgIpc) is 2.78. The Kier molecular flexibility index (Phi) is 4.18. The molecule has 0 aliphatic carbocycles. The van der Waals surface area contributed by atoms with Crippen molar-refractivity contribution in [2.45, 2.75) is 32.4 Å². The molecule has 0 atom stereocenters. The minimum absolute atomic E-state index is 0.0813. The van der Waals surface area contributed by atoms with Crippen LogP contribution >= 0.6 is 0 Å². The van der Waals surface area contributed by atoms with Crippen LogP contribution in [0.1, 0.15) is 24.8 Å². The van der Waals surface area contributed by atoms with Gasteiger partial charge in [0.2, 0.25) is 0 Å². The van der Waals surface area contributed by atoms with Gasteiger partial charge < -0.3 is 14.8 Å². The van der Waals surface area contributed by atoms with Crippen LogP contribution < -0.4 is 0 Å². The van der Waals surface area contributed by atoms with Gasteiger partial charge in [-0.2, -0.15) is 0 Å². The summed E-state index contributed by atoms with van der Waals surface area (Å²) in [5.74, 6) is 0. The molecule has 2 aromatic rings. The van der Waals surface area contributed by atoms with E-state index in [0.29, 0.717) is 0 Å². The third-order valence-corrected chi connectivity index (χ3v) is 3.10. The molecular weight excluding hydrogens is 214 g/mol. The third kappa shape index (κ3) is 2.68. The Bertz CT molecular complexity index is 476. The van der Waals surface area contributed by atoms with Crippen LogP contribution in [0, 0.1) is 0 Å². The summed E-state index contributed by atoms with van der Waals surface area (Å²) in [6.07, 6.45) is 5.04. The molecule has 2 rings (SSSR count). The number of benzene rings is 1. The SMILES string of the molecule is OCCCCCn1ccc2cccc(CO)c21. The van der Waals surface area contributed by atoms with Gasteiger partial charge in [0, 0.05) is 24.9 Å². The number of para-hydroxylation sites is 1. The molecule has 0 aliphatic heterocycles. The van der Waals surface area contributed by atoms with Crippen molar-refractivity contribution in [3.63, 3.8) is 0 Å². The maximum absolute atomic E-state index is 9.34. The Balaban J connectivity index is 2.16. The Hall–Kier alpha value is -1.32. The zero-order chi connectivity index (χ0) is 12.1. The minimum atomic E-state index is 0.0813. The molecule has 1 aromatic carbocycles. The monoisotopic (exact) mass is 233 g/mol. The van der Waals surface area contributed by atoms with E-state index in [1.165, 1.54) is 5.39 Å². The molecule has 0 saturated heterocycles.